The van der Waals surface area contributed by atoms with E-state index >= 15 is 0 Å². The Labute approximate surface area is 117 Å². The minimum absolute atomic E-state index is 0.179. The summed E-state index contributed by atoms with van der Waals surface area (Å²) in [6, 6.07) is 8.02. The first kappa shape index (κ1) is 14.3. The largest absolute Gasteiger partial charge is 0.441 e. The highest BCUT2D eigenvalue weighted by Gasteiger charge is 2.08. The van der Waals surface area contributed by atoms with Crippen LogP contribution in [0.5, 0.6) is 0 Å². The van der Waals surface area contributed by atoms with Crippen molar-refractivity contribution < 1.29 is 14.0 Å². The standard InChI is InChI=1S/C15H18N2O3/c1-3-19-17-14(18)8-9-15-16-10-13(20-15)12-6-4-11(2)5-7-12/h4-7,10H,3,8-9H2,1-2H3,(H,17,18). The SMILES string of the molecule is CCONC(=O)CCc1ncc(-c2ccc(C)cc2)o1. The molecule has 0 bridgehead atoms. The summed E-state index contributed by atoms with van der Waals surface area (Å²) >= 11 is 0. The molecule has 5 nitrogen and oxygen atoms in total. The fourth-order valence-electron chi connectivity index (χ4n) is 1.70. The molecule has 2 rings (SSSR count). The average molecular weight is 274 g/mol. The van der Waals surface area contributed by atoms with E-state index < -0.39 is 0 Å². The Kier molecular flexibility index (Phi) is 4.90. The van der Waals surface area contributed by atoms with E-state index in [4.69, 9.17) is 9.25 Å². The third-order valence-corrected chi connectivity index (χ3v) is 2.79. The van der Waals surface area contributed by atoms with E-state index in [-0.39, 0.29) is 12.3 Å². The van der Waals surface area contributed by atoms with Crippen LogP contribution in [0.3, 0.4) is 0 Å². The van der Waals surface area contributed by atoms with E-state index in [1.165, 1.54) is 5.56 Å². The van der Waals surface area contributed by atoms with Gasteiger partial charge in [0.2, 0.25) is 5.91 Å². The molecule has 0 saturated heterocycles. The number of rotatable bonds is 6. The first-order chi connectivity index (χ1) is 9.69. The topological polar surface area (TPSA) is 64.4 Å². The van der Waals surface area contributed by atoms with Gasteiger partial charge in [0.15, 0.2) is 11.7 Å². The minimum atomic E-state index is -0.179. The van der Waals surface area contributed by atoms with Crippen molar-refractivity contribution >= 4 is 5.91 Å². The summed E-state index contributed by atoms with van der Waals surface area (Å²) in [7, 11) is 0. The van der Waals surface area contributed by atoms with Crippen molar-refractivity contribution in [2.45, 2.75) is 26.7 Å². The van der Waals surface area contributed by atoms with Gasteiger partial charge in [-0.3, -0.25) is 9.63 Å². The predicted molar refractivity (Wildman–Crippen MR) is 74.8 cm³/mol. The van der Waals surface area contributed by atoms with Crippen molar-refractivity contribution in [3.05, 3.63) is 41.9 Å². The summed E-state index contributed by atoms with van der Waals surface area (Å²) in [6.07, 6.45) is 2.42. The molecule has 0 fully saturated rings. The van der Waals surface area contributed by atoms with Gasteiger partial charge in [0, 0.05) is 18.4 Å². The lowest BCUT2D eigenvalue weighted by Gasteiger charge is -2.01. The van der Waals surface area contributed by atoms with E-state index in [1.807, 2.05) is 38.1 Å². The minimum Gasteiger partial charge on any atom is -0.441 e. The van der Waals surface area contributed by atoms with Crippen molar-refractivity contribution in [3.8, 4) is 11.3 Å². The predicted octanol–water partition coefficient (Wildman–Crippen LogP) is 2.65. The molecule has 2 aromatic rings. The summed E-state index contributed by atoms with van der Waals surface area (Å²) in [4.78, 5) is 20.4. The Morgan fingerprint density at radius 2 is 2.10 bits per heavy atom. The van der Waals surface area contributed by atoms with Crippen LogP contribution < -0.4 is 5.48 Å². The summed E-state index contributed by atoms with van der Waals surface area (Å²) in [6.45, 7) is 4.29. The number of oxazole rings is 1. The van der Waals surface area contributed by atoms with Gasteiger partial charge in [0.25, 0.3) is 0 Å². The van der Waals surface area contributed by atoms with Gasteiger partial charge in [-0.05, 0) is 13.8 Å². The zero-order valence-corrected chi connectivity index (χ0v) is 11.7. The third kappa shape index (κ3) is 3.93. The van der Waals surface area contributed by atoms with Crippen molar-refractivity contribution in [1.82, 2.24) is 10.5 Å². The molecule has 1 aromatic carbocycles. The Balaban J connectivity index is 1.92. The molecule has 0 aliphatic carbocycles. The van der Waals surface area contributed by atoms with Crippen LogP contribution in [-0.2, 0) is 16.1 Å². The maximum Gasteiger partial charge on any atom is 0.244 e. The van der Waals surface area contributed by atoms with Crippen LogP contribution in [0.1, 0.15) is 24.8 Å². The van der Waals surface area contributed by atoms with Crippen molar-refractivity contribution in [2.24, 2.45) is 0 Å². The molecular formula is C15H18N2O3. The molecule has 5 heteroatoms. The van der Waals surface area contributed by atoms with Crippen LogP contribution in [0, 0.1) is 6.92 Å². The maximum absolute atomic E-state index is 11.4. The number of hydrogen-bond donors (Lipinski definition) is 1. The van der Waals surface area contributed by atoms with Gasteiger partial charge in [0.05, 0.1) is 12.8 Å². The summed E-state index contributed by atoms with van der Waals surface area (Å²) in [5.74, 6) is 1.08. The van der Waals surface area contributed by atoms with E-state index in [1.54, 1.807) is 6.20 Å². The number of carbonyl (C=O) groups excluding carboxylic acids is 1. The lowest BCUT2D eigenvalue weighted by atomic mass is 10.1. The Hall–Kier alpha value is -2.14. The molecule has 1 heterocycles. The highest BCUT2D eigenvalue weighted by Crippen LogP contribution is 2.21. The normalized spacial score (nSPS) is 10.5. The number of aryl methyl sites for hydroxylation is 2. The molecule has 0 radical (unpaired) electrons. The fraction of sp³-hybridized carbons (Fsp3) is 0.333. The molecule has 20 heavy (non-hydrogen) atoms. The van der Waals surface area contributed by atoms with Gasteiger partial charge in [-0.2, -0.15) is 0 Å². The lowest BCUT2D eigenvalue weighted by Crippen LogP contribution is -2.23. The second kappa shape index (κ2) is 6.86. The Morgan fingerprint density at radius 3 is 2.80 bits per heavy atom. The van der Waals surface area contributed by atoms with Crippen LogP contribution in [-0.4, -0.2) is 17.5 Å². The quantitative estimate of drug-likeness (QED) is 0.822. The number of nitrogens with zero attached hydrogens (tertiary/aromatic N) is 1. The Morgan fingerprint density at radius 1 is 1.35 bits per heavy atom. The summed E-state index contributed by atoms with van der Waals surface area (Å²) in [5, 5.41) is 0. The first-order valence-electron chi connectivity index (χ1n) is 6.61. The number of amides is 1. The monoisotopic (exact) mass is 274 g/mol. The molecule has 1 N–H and O–H groups in total. The van der Waals surface area contributed by atoms with Crippen LogP contribution >= 0.6 is 0 Å². The number of aromatic nitrogens is 1. The zero-order valence-electron chi connectivity index (χ0n) is 11.7. The van der Waals surface area contributed by atoms with Crippen LogP contribution in [0.15, 0.2) is 34.9 Å². The average Bonchev–Trinajstić information content (AvgIpc) is 2.92. The van der Waals surface area contributed by atoms with E-state index in [2.05, 4.69) is 10.5 Å². The number of hydrogen-bond acceptors (Lipinski definition) is 4. The third-order valence-electron chi connectivity index (χ3n) is 2.79. The molecule has 0 saturated carbocycles. The van der Waals surface area contributed by atoms with E-state index in [9.17, 15) is 4.79 Å². The van der Waals surface area contributed by atoms with Crippen molar-refractivity contribution in [2.75, 3.05) is 6.61 Å². The number of benzene rings is 1. The fourth-order valence-corrected chi connectivity index (χ4v) is 1.70. The highest BCUT2D eigenvalue weighted by molar-refractivity contribution is 5.74. The molecule has 0 atom stereocenters. The first-order valence-corrected chi connectivity index (χ1v) is 6.61. The summed E-state index contributed by atoms with van der Waals surface area (Å²) < 4.78 is 5.63. The smallest absolute Gasteiger partial charge is 0.244 e. The van der Waals surface area contributed by atoms with Gasteiger partial charge in [-0.1, -0.05) is 29.8 Å². The van der Waals surface area contributed by atoms with Gasteiger partial charge in [0.1, 0.15) is 0 Å². The molecule has 0 aliphatic heterocycles. The Bertz CT molecular complexity index is 561. The van der Waals surface area contributed by atoms with Crippen LogP contribution in [0.4, 0.5) is 0 Å². The zero-order chi connectivity index (χ0) is 14.4. The second-order valence-electron chi connectivity index (χ2n) is 4.44. The van der Waals surface area contributed by atoms with Crippen molar-refractivity contribution in [1.29, 1.82) is 0 Å². The number of hydroxylamine groups is 1. The molecule has 1 amide bonds. The van der Waals surface area contributed by atoms with Gasteiger partial charge < -0.3 is 4.42 Å². The molecule has 1 aromatic heterocycles. The number of carbonyl (C=O) groups is 1. The van der Waals surface area contributed by atoms with Gasteiger partial charge in [-0.25, -0.2) is 10.5 Å². The lowest BCUT2D eigenvalue weighted by molar-refractivity contribution is -0.133. The molecule has 106 valence electrons. The van der Waals surface area contributed by atoms with Crippen LogP contribution in [0.2, 0.25) is 0 Å². The second-order valence-corrected chi connectivity index (χ2v) is 4.44. The molecule has 0 spiro atoms. The summed E-state index contributed by atoms with van der Waals surface area (Å²) in [5.41, 5.74) is 4.51. The molecule has 0 unspecified atom stereocenters. The number of nitrogens with one attached hydrogen (secondary N) is 1. The van der Waals surface area contributed by atoms with E-state index in [0.29, 0.717) is 24.7 Å². The van der Waals surface area contributed by atoms with E-state index in [0.717, 1.165) is 5.56 Å². The van der Waals surface area contributed by atoms with Crippen LogP contribution in [0.25, 0.3) is 11.3 Å². The van der Waals surface area contributed by atoms with Gasteiger partial charge in [-0.15, -0.1) is 0 Å². The van der Waals surface area contributed by atoms with Gasteiger partial charge >= 0.3 is 0 Å². The molecule has 0 aliphatic rings. The molecular weight excluding hydrogens is 256 g/mol. The maximum atomic E-state index is 11.4. The highest BCUT2D eigenvalue weighted by atomic mass is 16.6. The van der Waals surface area contributed by atoms with Crippen molar-refractivity contribution in [3.63, 3.8) is 0 Å².